The Bertz CT molecular complexity index is 845. The molecule has 8 heteroatoms. The Labute approximate surface area is 156 Å². The van der Waals surface area contributed by atoms with Gasteiger partial charge in [-0.2, -0.15) is 0 Å². The van der Waals surface area contributed by atoms with Gasteiger partial charge < -0.3 is 15.0 Å². The minimum absolute atomic E-state index is 0.121. The molecule has 1 N–H and O–H groups in total. The van der Waals surface area contributed by atoms with Crippen molar-refractivity contribution in [3.63, 3.8) is 0 Å². The molecule has 0 spiro atoms. The monoisotopic (exact) mass is 374 g/mol. The third kappa shape index (κ3) is 4.91. The number of anilines is 1. The molecule has 1 aromatic carbocycles. The Hall–Kier alpha value is -2.74. The van der Waals surface area contributed by atoms with Crippen LogP contribution in [0.2, 0.25) is 0 Å². The molecule has 1 aliphatic rings. The lowest BCUT2D eigenvalue weighted by Crippen LogP contribution is -2.42. The predicted molar refractivity (Wildman–Crippen MR) is 99.2 cm³/mol. The molecule has 2 heterocycles. The van der Waals surface area contributed by atoms with Gasteiger partial charge in [0.05, 0.1) is 13.2 Å². The van der Waals surface area contributed by atoms with Crippen molar-refractivity contribution in [2.45, 2.75) is 26.4 Å². The van der Waals surface area contributed by atoms with Gasteiger partial charge in [-0.05, 0) is 24.1 Å². The molecule has 0 radical (unpaired) electrons. The van der Waals surface area contributed by atoms with Crippen LogP contribution in [0.4, 0.5) is 10.3 Å². The smallest absolute Gasteiger partial charge is 0.255 e. The van der Waals surface area contributed by atoms with E-state index < -0.39 is 0 Å². The standard InChI is InChI=1S/C19H23FN4O3/c1-2-16-11-18(26)24(19(22-16)23-7-9-27-10-8-23)13-17(25)21-12-14-3-5-15(20)6-4-14/h3-6,11H,2,7-10,12-13H2,1H3,(H,21,25). The second-order valence-electron chi connectivity index (χ2n) is 6.33. The van der Waals surface area contributed by atoms with Gasteiger partial charge in [-0.3, -0.25) is 14.2 Å². The maximum atomic E-state index is 13.0. The number of halogens is 1. The third-order valence-electron chi connectivity index (χ3n) is 4.40. The van der Waals surface area contributed by atoms with Crippen LogP contribution in [0.3, 0.4) is 0 Å². The average Bonchev–Trinajstić information content (AvgIpc) is 2.69. The van der Waals surface area contributed by atoms with Gasteiger partial charge in [-0.1, -0.05) is 19.1 Å². The largest absolute Gasteiger partial charge is 0.378 e. The minimum Gasteiger partial charge on any atom is -0.378 e. The Balaban J connectivity index is 1.75. The van der Waals surface area contributed by atoms with Crippen LogP contribution in [-0.2, 0) is 29.0 Å². The van der Waals surface area contributed by atoms with Crippen molar-refractivity contribution >= 4 is 11.9 Å². The van der Waals surface area contributed by atoms with Crippen LogP contribution in [0, 0.1) is 5.82 Å². The number of hydrogen-bond donors (Lipinski definition) is 1. The van der Waals surface area contributed by atoms with Crippen molar-refractivity contribution in [3.8, 4) is 0 Å². The number of amides is 1. The van der Waals surface area contributed by atoms with Crippen molar-refractivity contribution < 1.29 is 13.9 Å². The lowest BCUT2D eigenvalue weighted by molar-refractivity contribution is -0.121. The summed E-state index contributed by atoms with van der Waals surface area (Å²) in [7, 11) is 0. The van der Waals surface area contributed by atoms with Gasteiger partial charge in [0.1, 0.15) is 12.4 Å². The maximum absolute atomic E-state index is 13.0. The lowest BCUT2D eigenvalue weighted by atomic mass is 10.2. The zero-order valence-corrected chi connectivity index (χ0v) is 15.3. The second-order valence-corrected chi connectivity index (χ2v) is 6.33. The minimum atomic E-state index is -0.325. The molecule has 27 heavy (non-hydrogen) atoms. The SMILES string of the molecule is CCc1cc(=O)n(CC(=O)NCc2ccc(F)cc2)c(N2CCOCC2)n1. The number of nitrogens with one attached hydrogen (secondary N) is 1. The first-order chi connectivity index (χ1) is 13.1. The Kier molecular flexibility index (Phi) is 6.18. The normalized spacial score (nSPS) is 14.2. The zero-order valence-electron chi connectivity index (χ0n) is 15.3. The summed E-state index contributed by atoms with van der Waals surface area (Å²) in [6.45, 7) is 4.44. The van der Waals surface area contributed by atoms with Gasteiger partial charge in [0, 0.05) is 31.4 Å². The molecule has 1 saturated heterocycles. The van der Waals surface area contributed by atoms with Crippen LogP contribution in [-0.4, -0.2) is 41.8 Å². The van der Waals surface area contributed by atoms with E-state index >= 15 is 0 Å². The number of hydrogen-bond acceptors (Lipinski definition) is 5. The highest BCUT2D eigenvalue weighted by Crippen LogP contribution is 2.12. The molecule has 1 aromatic heterocycles. The number of nitrogens with zero attached hydrogens (tertiary/aromatic N) is 3. The van der Waals surface area contributed by atoms with E-state index in [1.54, 1.807) is 12.1 Å². The fraction of sp³-hybridized carbons (Fsp3) is 0.421. The number of carbonyl (C=O) groups is 1. The summed E-state index contributed by atoms with van der Waals surface area (Å²) in [6.07, 6.45) is 0.643. The van der Waals surface area contributed by atoms with Crippen LogP contribution < -0.4 is 15.8 Å². The fourth-order valence-corrected chi connectivity index (χ4v) is 2.88. The number of morpholine rings is 1. The molecule has 1 fully saturated rings. The van der Waals surface area contributed by atoms with Gasteiger partial charge in [0.2, 0.25) is 11.9 Å². The van der Waals surface area contributed by atoms with Gasteiger partial charge in [0.25, 0.3) is 5.56 Å². The predicted octanol–water partition coefficient (Wildman–Crippen LogP) is 1.10. The quantitative estimate of drug-likeness (QED) is 0.819. The first kappa shape index (κ1) is 19.0. The summed E-state index contributed by atoms with van der Waals surface area (Å²) < 4.78 is 19.7. The molecule has 144 valence electrons. The number of rotatable bonds is 6. The summed E-state index contributed by atoms with van der Waals surface area (Å²) in [4.78, 5) is 31.5. The van der Waals surface area contributed by atoms with E-state index in [1.165, 1.54) is 22.8 Å². The van der Waals surface area contributed by atoms with E-state index in [0.717, 1.165) is 5.56 Å². The number of benzene rings is 1. The van der Waals surface area contributed by atoms with Gasteiger partial charge in [-0.15, -0.1) is 0 Å². The number of ether oxygens (including phenoxy) is 1. The van der Waals surface area contributed by atoms with Crippen molar-refractivity contribution in [1.29, 1.82) is 0 Å². The summed E-state index contributed by atoms with van der Waals surface area (Å²) in [5.74, 6) is -0.129. The van der Waals surface area contributed by atoms with Crippen molar-refractivity contribution in [2.24, 2.45) is 0 Å². The molecule has 0 unspecified atom stereocenters. The molecule has 7 nitrogen and oxygen atoms in total. The summed E-state index contributed by atoms with van der Waals surface area (Å²) in [5, 5.41) is 2.76. The molecule has 0 atom stereocenters. The molecule has 0 aliphatic carbocycles. The molecular weight excluding hydrogens is 351 g/mol. The number of carbonyl (C=O) groups excluding carboxylic acids is 1. The third-order valence-corrected chi connectivity index (χ3v) is 4.40. The Morgan fingerprint density at radius 2 is 1.96 bits per heavy atom. The topological polar surface area (TPSA) is 76.5 Å². The molecule has 0 saturated carbocycles. The zero-order chi connectivity index (χ0) is 19.2. The highest BCUT2D eigenvalue weighted by atomic mass is 19.1. The van der Waals surface area contributed by atoms with Gasteiger partial charge in [-0.25, -0.2) is 9.37 Å². The van der Waals surface area contributed by atoms with Crippen molar-refractivity contribution in [3.05, 3.63) is 57.8 Å². The molecular formula is C19H23FN4O3. The van der Waals surface area contributed by atoms with Crippen LogP contribution in [0.15, 0.2) is 35.1 Å². The van der Waals surface area contributed by atoms with Gasteiger partial charge in [0.15, 0.2) is 0 Å². The Morgan fingerprint density at radius 1 is 1.26 bits per heavy atom. The van der Waals surface area contributed by atoms with Crippen LogP contribution in [0.1, 0.15) is 18.2 Å². The van der Waals surface area contributed by atoms with Crippen LogP contribution in [0.5, 0.6) is 0 Å². The highest BCUT2D eigenvalue weighted by molar-refractivity contribution is 5.76. The highest BCUT2D eigenvalue weighted by Gasteiger charge is 2.19. The second kappa shape index (κ2) is 8.77. The molecule has 0 bridgehead atoms. The van der Waals surface area contributed by atoms with E-state index in [2.05, 4.69) is 10.3 Å². The molecule has 1 amide bonds. The lowest BCUT2D eigenvalue weighted by Gasteiger charge is -2.29. The molecule has 1 aliphatic heterocycles. The van der Waals surface area contributed by atoms with Crippen LogP contribution in [0.25, 0.3) is 0 Å². The summed E-state index contributed by atoms with van der Waals surface area (Å²) in [6, 6.07) is 7.38. The average molecular weight is 374 g/mol. The first-order valence-electron chi connectivity index (χ1n) is 9.01. The van der Waals surface area contributed by atoms with Crippen molar-refractivity contribution in [1.82, 2.24) is 14.9 Å². The summed E-state index contributed by atoms with van der Waals surface area (Å²) in [5.41, 5.74) is 1.23. The molecule has 2 aromatic rings. The van der Waals surface area contributed by atoms with E-state index in [4.69, 9.17) is 4.74 Å². The molecule has 3 rings (SSSR count). The van der Waals surface area contributed by atoms with Crippen molar-refractivity contribution in [2.75, 3.05) is 31.2 Å². The number of aromatic nitrogens is 2. The van der Waals surface area contributed by atoms with E-state index in [0.29, 0.717) is 44.4 Å². The van der Waals surface area contributed by atoms with E-state index in [9.17, 15) is 14.0 Å². The maximum Gasteiger partial charge on any atom is 0.255 e. The van der Waals surface area contributed by atoms with Gasteiger partial charge >= 0.3 is 0 Å². The van der Waals surface area contributed by atoms with E-state index in [-0.39, 0.29) is 30.4 Å². The van der Waals surface area contributed by atoms with Crippen LogP contribution >= 0.6 is 0 Å². The Morgan fingerprint density at radius 3 is 2.63 bits per heavy atom. The first-order valence-corrected chi connectivity index (χ1v) is 9.01. The fourth-order valence-electron chi connectivity index (χ4n) is 2.88. The summed E-state index contributed by atoms with van der Waals surface area (Å²) >= 11 is 0. The van der Waals surface area contributed by atoms with E-state index in [1.807, 2.05) is 11.8 Å². The number of aryl methyl sites for hydroxylation is 1.